The number of sulfonamides is 1. The van der Waals surface area contributed by atoms with Crippen LogP contribution in [-0.4, -0.2) is 20.4 Å². The summed E-state index contributed by atoms with van der Waals surface area (Å²) in [5, 5.41) is 3.19. The number of hydrogen-bond donors (Lipinski definition) is 2. The van der Waals surface area contributed by atoms with Crippen LogP contribution in [0, 0.1) is 12.7 Å². The van der Waals surface area contributed by atoms with Gasteiger partial charge in [0.05, 0.1) is 4.90 Å². The van der Waals surface area contributed by atoms with Crippen LogP contribution in [0.3, 0.4) is 0 Å². The van der Waals surface area contributed by atoms with E-state index >= 15 is 0 Å². The highest BCUT2D eigenvalue weighted by molar-refractivity contribution is 7.89. The molecule has 5 nitrogen and oxygen atoms in total. The molecule has 3 aromatic carbocycles. The molecule has 0 radical (unpaired) electrons. The molecule has 3 rings (SSSR count). The molecule has 0 aliphatic heterocycles. The summed E-state index contributed by atoms with van der Waals surface area (Å²) < 4.78 is 41.2. The molecule has 156 valence electrons. The van der Waals surface area contributed by atoms with Crippen molar-refractivity contribution in [1.29, 1.82) is 0 Å². The van der Waals surface area contributed by atoms with Crippen LogP contribution < -0.4 is 10.0 Å². The quantitative estimate of drug-likeness (QED) is 0.567. The first kappa shape index (κ1) is 22.0. The number of benzene rings is 3. The second-order valence-corrected chi connectivity index (χ2v) is 8.92. The third kappa shape index (κ3) is 5.66. The summed E-state index contributed by atoms with van der Waals surface area (Å²) in [5.74, 6) is -1.08. The summed E-state index contributed by atoms with van der Waals surface area (Å²) in [6.45, 7) is 1.81. The van der Waals surface area contributed by atoms with Crippen LogP contribution >= 0.6 is 11.6 Å². The maximum absolute atomic E-state index is 13.2. The third-order valence-electron chi connectivity index (χ3n) is 4.48. The minimum atomic E-state index is -4.06. The van der Waals surface area contributed by atoms with Crippen molar-refractivity contribution in [3.63, 3.8) is 0 Å². The second-order valence-electron chi connectivity index (χ2n) is 6.77. The van der Waals surface area contributed by atoms with Gasteiger partial charge in [-0.15, -0.1) is 0 Å². The number of anilines is 1. The van der Waals surface area contributed by atoms with Gasteiger partial charge < -0.3 is 5.32 Å². The summed E-state index contributed by atoms with van der Waals surface area (Å²) in [7, 11) is -4.06. The number of halogens is 2. The van der Waals surface area contributed by atoms with E-state index < -0.39 is 27.8 Å². The van der Waals surface area contributed by atoms with Gasteiger partial charge in [0.25, 0.3) is 0 Å². The molecule has 2 N–H and O–H groups in total. The van der Waals surface area contributed by atoms with E-state index in [9.17, 15) is 17.6 Å². The van der Waals surface area contributed by atoms with Gasteiger partial charge in [0.1, 0.15) is 11.9 Å². The van der Waals surface area contributed by atoms with Crippen LogP contribution in [0.4, 0.5) is 10.1 Å². The van der Waals surface area contributed by atoms with Gasteiger partial charge in [-0.2, -0.15) is 4.72 Å². The summed E-state index contributed by atoms with van der Waals surface area (Å²) >= 11 is 6.02. The van der Waals surface area contributed by atoms with E-state index in [1.54, 1.807) is 49.4 Å². The molecule has 1 atom stereocenters. The molecule has 0 saturated carbocycles. The van der Waals surface area contributed by atoms with Gasteiger partial charge in [0, 0.05) is 10.7 Å². The largest absolute Gasteiger partial charge is 0.324 e. The fourth-order valence-electron chi connectivity index (χ4n) is 2.86. The van der Waals surface area contributed by atoms with E-state index in [0.29, 0.717) is 10.7 Å². The first-order valence-electron chi connectivity index (χ1n) is 9.13. The Kier molecular flexibility index (Phi) is 6.87. The summed E-state index contributed by atoms with van der Waals surface area (Å²) in [6, 6.07) is 17.4. The number of carbonyl (C=O) groups is 1. The van der Waals surface area contributed by atoms with Crippen molar-refractivity contribution in [1.82, 2.24) is 4.72 Å². The lowest BCUT2D eigenvalue weighted by Gasteiger charge is -2.19. The average Bonchev–Trinajstić information content (AvgIpc) is 2.71. The fourth-order valence-corrected chi connectivity index (χ4v) is 4.22. The zero-order valence-electron chi connectivity index (χ0n) is 16.1. The van der Waals surface area contributed by atoms with Crippen molar-refractivity contribution in [2.24, 2.45) is 0 Å². The maximum atomic E-state index is 13.2. The van der Waals surface area contributed by atoms with Crippen LogP contribution in [0.5, 0.6) is 0 Å². The molecule has 8 heteroatoms. The Labute approximate surface area is 179 Å². The van der Waals surface area contributed by atoms with E-state index in [4.69, 9.17) is 11.6 Å². The lowest BCUT2D eigenvalue weighted by atomic mass is 10.1. The topological polar surface area (TPSA) is 75.3 Å². The van der Waals surface area contributed by atoms with E-state index in [1.165, 1.54) is 0 Å². The summed E-state index contributed by atoms with van der Waals surface area (Å²) in [5.41, 5.74) is 2.06. The molecule has 0 fully saturated rings. The Hall–Kier alpha value is -2.74. The molecule has 0 aromatic heterocycles. The minimum absolute atomic E-state index is 0.131. The van der Waals surface area contributed by atoms with Gasteiger partial charge in [-0.05, 0) is 60.9 Å². The lowest BCUT2D eigenvalue weighted by Crippen LogP contribution is -2.45. The van der Waals surface area contributed by atoms with E-state index in [-0.39, 0.29) is 11.3 Å². The molecule has 1 amide bonds. The predicted octanol–water partition coefficient (Wildman–Crippen LogP) is 4.32. The monoisotopic (exact) mass is 446 g/mol. The Morgan fingerprint density at radius 1 is 1.03 bits per heavy atom. The fraction of sp³-hybridized carbons (Fsp3) is 0.136. The van der Waals surface area contributed by atoms with Crippen molar-refractivity contribution < 1.29 is 17.6 Å². The lowest BCUT2D eigenvalue weighted by molar-refractivity contribution is -0.117. The SMILES string of the molecule is Cc1ccc(Cl)cc1NC(=O)[C@@H](Cc1ccccc1)NS(=O)(=O)c1ccc(F)cc1. The van der Waals surface area contributed by atoms with Gasteiger partial charge in [-0.3, -0.25) is 4.79 Å². The number of hydrogen-bond acceptors (Lipinski definition) is 3. The molecule has 0 unspecified atom stereocenters. The van der Waals surface area contributed by atoms with Crippen LogP contribution in [0.15, 0.2) is 77.7 Å². The predicted molar refractivity (Wildman–Crippen MR) is 115 cm³/mol. The van der Waals surface area contributed by atoms with Gasteiger partial charge in [0.15, 0.2) is 0 Å². The average molecular weight is 447 g/mol. The van der Waals surface area contributed by atoms with E-state index in [2.05, 4.69) is 10.0 Å². The second kappa shape index (κ2) is 9.38. The van der Waals surface area contributed by atoms with Crippen LogP contribution in [0.1, 0.15) is 11.1 Å². The number of nitrogens with one attached hydrogen (secondary N) is 2. The number of aryl methyl sites for hydroxylation is 1. The van der Waals surface area contributed by atoms with Crippen LogP contribution in [0.25, 0.3) is 0 Å². The minimum Gasteiger partial charge on any atom is -0.324 e. The van der Waals surface area contributed by atoms with E-state index in [1.807, 2.05) is 6.07 Å². The normalized spacial score (nSPS) is 12.4. The molecule has 3 aromatic rings. The van der Waals surface area contributed by atoms with Gasteiger partial charge in [-0.1, -0.05) is 48.0 Å². The van der Waals surface area contributed by atoms with Crippen LogP contribution in [0.2, 0.25) is 5.02 Å². The highest BCUT2D eigenvalue weighted by Crippen LogP contribution is 2.21. The molecule has 0 spiro atoms. The molecule has 0 bridgehead atoms. The first-order valence-corrected chi connectivity index (χ1v) is 11.0. The Morgan fingerprint density at radius 3 is 2.37 bits per heavy atom. The van der Waals surface area contributed by atoms with Gasteiger partial charge in [0.2, 0.25) is 15.9 Å². The Morgan fingerprint density at radius 2 is 1.70 bits per heavy atom. The first-order chi connectivity index (χ1) is 14.2. The van der Waals surface area contributed by atoms with Crippen molar-refractivity contribution in [2.75, 3.05) is 5.32 Å². The van der Waals surface area contributed by atoms with E-state index in [0.717, 1.165) is 35.4 Å². The van der Waals surface area contributed by atoms with Crippen LogP contribution in [-0.2, 0) is 21.2 Å². The van der Waals surface area contributed by atoms with Gasteiger partial charge in [-0.25, -0.2) is 12.8 Å². The highest BCUT2D eigenvalue weighted by atomic mass is 35.5. The maximum Gasteiger partial charge on any atom is 0.242 e. The Bertz CT molecular complexity index is 1140. The number of amides is 1. The van der Waals surface area contributed by atoms with Gasteiger partial charge >= 0.3 is 0 Å². The number of rotatable bonds is 7. The zero-order chi connectivity index (χ0) is 21.7. The molecule has 0 aliphatic carbocycles. The molecule has 0 saturated heterocycles. The van der Waals surface area contributed by atoms with Crippen molar-refractivity contribution in [2.45, 2.75) is 24.3 Å². The highest BCUT2D eigenvalue weighted by Gasteiger charge is 2.26. The zero-order valence-corrected chi connectivity index (χ0v) is 17.7. The summed E-state index contributed by atoms with van der Waals surface area (Å²) in [4.78, 5) is 12.9. The summed E-state index contributed by atoms with van der Waals surface area (Å²) in [6.07, 6.45) is 0.132. The number of carbonyl (C=O) groups excluding carboxylic acids is 1. The molecule has 30 heavy (non-hydrogen) atoms. The molecular formula is C22H20ClFN2O3S. The molecule has 0 heterocycles. The van der Waals surface area contributed by atoms with Crippen molar-refractivity contribution >= 4 is 33.2 Å². The van der Waals surface area contributed by atoms with Crippen molar-refractivity contribution in [3.05, 3.63) is 94.8 Å². The third-order valence-corrected chi connectivity index (χ3v) is 6.20. The molecule has 0 aliphatic rings. The smallest absolute Gasteiger partial charge is 0.242 e. The standard InChI is InChI=1S/C22H20ClFN2O3S/c1-15-7-8-17(23)14-20(15)25-22(27)21(13-16-5-3-2-4-6-16)26-30(28,29)19-11-9-18(24)10-12-19/h2-12,14,21,26H,13H2,1H3,(H,25,27)/t21-/m1/s1. The van der Waals surface area contributed by atoms with Crippen molar-refractivity contribution in [3.8, 4) is 0 Å². The Balaban J connectivity index is 1.88. The molecular weight excluding hydrogens is 427 g/mol.